The first kappa shape index (κ1) is 19.2. The van der Waals surface area contributed by atoms with Crippen LogP contribution in [0.2, 0.25) is 0 Å². The highest BCUT2D eigenvalue weighted by Gasteiger charge is 2.14. The van der Waals surface area contributed by atoms with Crippen molar-refractivity contribution in [2.24, 2.45) is 0 Å². The van der Waals surface area contributed by atoms with Crippen molar-refractivity contribution in [3.8, 4) is 11.1 Å². The minimum Gasteiger partial charge on any atom is -0.352 e. The van der Waals surface area contributed by atoms with Crippen LogP contribution in [-0.4, -0.2) is 16.8 Å². The maximum absolute atomic E-state index is 13.0. The second-order valence-electron chi connectivity index (χ2n) is 6.32. The van der Waals surface area contributed by atoms with Gasteiger partial charge >= 0.3 is 0 Å². The van der Waals surface area contributed by atoms with E-state index in [2.05, 4.69) is 15.6 Å². The molecular formula is C22H20FN3O2. The third kappa shape index (κ3) is 5.01. The van der Waals surface area contributed by atoms with Crippen molar-refractivity contribution < 1.29 is 14.0 Å². The van der Waals surface area contributed by atoms with Gasteiger partial charge in [-0.15, -0.1) is 0 Å². The third-order valence-electron chi connectivity index (χ3n) is 4.17. The summed E-state index contributed by atoms with van der Waals surface area (Å²) in [7, 11) is 0. The summed E-state index contributed by atoms with van der Waals surface area (Å²) >= 11 is 0. The summed E-state index contributed by atoms with van der Waals surface area (Å²) in [6.45, 7) is 2.15. The molecule has 2 amide bonds. The summed E-state index contributed by atoms with van der Waals surface area (Å²) < 4.78 is 13.0. The van der Waals surface area contributed by atoms with Gasteiger partial charge in [0.15, 0.2) is 0 Å². The molecule has 1 heterocycles. The Labute approximate surface area is 162 Å². The van der Waals surface area contributed by atoms with Crippen LogP contribution in [0.15, 0.2) is 66.9 Å². The highest BCUT2D eigenvalue weighted by molar-refractivity contribution is 5.98. The van der Waals surface area contributed by atoms with Gasteiger partial charge in [0.25, 0.3) is 5.91 Å². The van der Waals surface area contributed by atoms with E-state index in [1.54, 1.807) is 24.4 Å². The Morgan fingerprint density at radius 2 is 1.68 bits per heavy atom. The van der Waals surface area contributed by atoms with Crippen LogP contribution in [0, 0.1) is 5.82 Å². The molecule has 0 atom stereocenters. The molecule has 0 aliphatic rings. The highest BCUT2D eigenvalue weighted by atomic mass is 19.1. The molecule has 0 aliphatic heterocycles. The van der Waals surface area contributed by atoms with Crippen molar-refractivity contribution in [3.63, 3.8) is 0 Å². The lowest BCUT2D eigenvalue weighted by atomic mass is 10.0. The summed E-state index contributed by atoms with van der Waals surface area (Å²) in [5, 5.41) is 5.58. The molecular weight excluding hydrogens is 357 g/mol. The summed E-state index contributed by atoms with van der Waals surface area (Å²) in [6.07, 6.45) is 1.57. The lowest BCUT2D eigenvalue weighted by Crippen LogP contribution is -2.24. The third-order valence-corrected chi connectivity index (χ3v) is 4.17. The van der Waals surface area contributed by atoms with Crippen LogP contribution >= 0.6 is 0 Å². The number of halogens is 1. The standard InChI is InChI=1S/C22H20FN3O2/c1-15(27)25-14-17-4-2-5-18(12-17)20-6-3-11-24-21(20)22(28)26-13-16-7-9-19(23)10-8-16/h2-12H,13-14H2,1H3,(H,25,27)(H,26,28). The van der Waals surface area contributed by atoms with Crippen LogP contribution in [0.3, 0.4) is 0 Å². The van der Waals surface area contributed by atoms with Crippen molar-refractivity contribution in [3.05, 3.63) is 89.5 Å². The quantitative estimate of drug-likeness (QED) is 0.691. The van der Waals surface area contributed by atoms with Crippen LogP contribution in [0.5, 0.6) is 0 Å². The zero-order valence-electron chi connectivity index (χ0n) is 15.4. The molecule has 1 aromatic heterocycles. The first-order valence-electron chi connectivity index (χ1n) is 8.84. The van der Waals surface area contributed by atoms with Crippen LogP contribution < -0.4 is 10.6 Å². The van der Waals surface area contributed by atoms with Gasteiger partial charge in [0.2, 0.25) is 5.91 Å². The van der Waals surface area contributed by atoms with Crippen molar-refractivity contribution in [2.75, 3.05) is 0 Å². The number of carbonyl (C=O) groups is 2. The molecule has 142 valence electrons. The van der Waals surface area contributed by atoms with Crippen molar-refractivity contribution in [2.45, 2.75) is 20.0 Å². The van der Waals surface area contributed by atoms with Crippen LogP contribution in [0.25, 0.3) is 11.1 Å². The predicted molar refractivity (Wildman–Crippen MR) is 105 cm³/mol. The van der Waals surface area contributed by atoms with E-state index in [9.17, 15) is 14.0 Å². The Kier molecular flexibility index (Phi) is 6.11. The minimum absolute atomic E-state index is 0.104. The van der Waals surface area contributed by atoms with Crippen LogP contribution in [0.1, 0.15) is 28.5 Å². The molecule has 0 saturated carbocycles. The Hall–Kier alpha value is -3.54. The summed E-state index contributed by atoms with van der Waals surface area (Å²) in [6, 6.07) is 17.2. The number of benzene rings is 2. The van der Waals surface area contributed by atoms with Gasteiger partial charge in [-0.2, -0.15) is 0 Å². The number of nitrogens with one attached hydrogen (secondary N) is 2. The molecule has 2 N–H and O–H groups in total. The number of hydrogen-bond acceptors (Lipinski definition) is 3. The first-order chi connectivity index (χ1) is 13.5. The second kappa shape index (κ2) is 8.90. The first-order valence-corrected chi connectivity index (χ1v) is 8.84. The molecule has 0 spiro atoms. The molecule has 28 heavy (non-hydrogen) atoms. The average molecular weight is 377 g/mol. The molecule has 0 unspecified atom stereocenters. The van der Waals surface area contributed by atoms with E-state index < -0.39 is 0 Å². The number of carbonyl (C=O) groups excluding carboxylic acids is 2. The maximum atomic E-state index is 13.0. The van der Waals surface area contributed by atoms with Gasteiger partial charge in [0.1, 0.15) is 11.5 Å². The Morgan fingerprint density at radius 1 is 0.929 bits per heavy atom. The van der Waals surface area contributed by atoms with E-state index in [0.29, 0.717) is 17.8 Å². The van der Waals surface area contributed by atoms with E-state index >= 15 is 0 Å². The number of hydrogen-bond donors (Lipinski definition) is 2. The molecule has 2 aromatic carbocycles. The largest absolute Gasteiger partial charge is 0.352 e. The zero-order valence-corrected chi connectivity index (χ0v) is 15.4. The fourth-order valence-corrected chi connectivity index (χ4v) is 2.76. The fourth-order valence-electron chi connectivity index (χ4n) is 2.76. The monoisotopic (exact) mass is 377 g/mol. The van der Waals surface area contributed by atoms with Gasteiger partial charge in [-0.05, 0) is 41.0 Å². The van der Waals surface area contributed by atoms with Gasteiger partial charge in [-0.3, -0.25) is 14.6 Å². The molecule has 3 rings (SSSR count). The smallest absolute Gasteiger partial charge is 0.270 e. The minimum atomic E-state index is -0.318. The molecule has 5 nitrogen and oxygen atoms in total. The van der Waals surface area contributed by atoms with Crippen molar-refractivity contribution >= 4 is 11.8 Å². The normalized spacial score (nSPS) is 10.4. The zero-order chi connectivity index (χ0) is 19.9. The SMILES string of the molecule is CC(=O)NCc1cccc(-c2cccnc2C(=O)NCc2ccc(F)cc2)c1. The number of nitrogens with zero attached hydrogens (tertiary/aromatic N) is 1. The number of rotatable bonds is 6. The molecule has 0 aliphatic carbocycles. The van der Waals surface area contributed by atoms with Crippen molar-refractivity contribution in [1.29, 1.82) is 0 Å². The van der Waals surface area contributed by atoms with Gasteiger partial charge in [0.05, 0.1) is 0 Å². The number of aromatic nitrogens is 1. The topological polar surface area (TPSA) is 71.1 Å². The van der Waals surface area contributed by atoms with Gasteiger partial charge in [-0.25, -0.2) is 4.39 Å². The predicted octanol–water partition coefficient (Wildman–Crippen LogP) is 3.45. The van der Waals surface area contributed by atoms with Crippen molar-refractivity contribution in [1.82, 2.24) is 15.6 Å². The Morgan fingerprint density at radius 3 is 2.43 bits per heavy atom. The van der Waals surface area contributed by atoms with Gasteiger partial charge in [-0.1, -0.05) is 36.4 Å². The van der Waals surface area contributed by atoms with Crippen LogP contribution in [0.4, 0.5) is 4.39 Å². The van der Waals surface area contributed by atoms with E-state index in [0.717, 1.165) is 16.7 Å². The fraction of sp³-hybridized carbons (Fsp3) is 0.136. The number of amides is 2. The molecule has 0 bridgehead atoms. The van der Waals surface area contributed by atoms with E-state index in [1.807, 2.05) is 30.3 Å². The lowest BCUT2D eigenvalue weighted by Gasteiger charge is -2.11. The Balaban J connectivity index is 1.78. The summed E-state index contributed by atoms with van der Waals surface area (Å²) in [5.41, 5.74) is 3.56. The number of pyridine rings is 1. The van der Waals surface area contributed by atoms with Gasteiger partial charge in [0, 0.05) is 31.8 Å². The maximum Gasteiger partial charge on any atom is 0.270 e. The van der Waals surface area contributed by atoms with Crippen LogP contribution in [-0.2, 0) is 17.9 Å². The molecule has 0 radical (unpaired) electrons. The molecule has 3 aromatic rings. The van der Waals surface area contributed by atoms with Gasteiger partial charge < -0.3 is 10.6 Å². The molecule has 6 heteroatoms. The van der Waals surface area contributed by atoms with E-state index in [4.69, 9.17) is 0 Å². The molecule has 0 saturated heterocycles. The van der Waals surface area contributed by atoms with E-state index in [-0.39, 0.29) is 24.2 Å². The Bertz CT molecular complexity index is 987. The highest BCUT2D eigenvalue weighted by Crippen LogP contribution is 2.23. The average Bonchev–Trinajstić information content (AvgIpc) is 2.72. The van der Waals surface area contributed by atoms with E-state index in [1.165, 1.54) is 19.1 Å². The second-order valence-corrected chi connectivity index (χ2v) is 6.32. The summed E-state index contributed by atoms with van der Waals surface area (Å²) in [5.74, 6) is -0.735. The molecule has 0 fully saturated rings. The lowest BCUT2D eigenvalue weighted by molar-refractivity contribution is -0.119. The summed E-state index contributed by atoms with van der Waals surface area (Å²) in [4.78, 5) is 28.0.